The maximum Gasteiger partial charge on any atom is 0.214 e. The maximum atomic E-state index is 12.1. The lowest BCUT2D eigenvalue weighted by Crippen LogP contribution is -2.29. The molecule has 2 N–H and O–H groups in total. The predicted molar refractivity (Wildman–Crippen MR) is 78.2 cm³/mol. The number of thiophene rings is 1. The van der Waals surface area contributed by atoms with Gasteiger partial charge in [-0.05, 0) is 24.8 Å². The van der Waals surface area contributed by atoms with Gasteiger partial charge in [0.05, 0.1) is 12.3 Å². The van der Waals surface area contributed by atoms with Crippen molar-refractivity contribution in [3.63, 3.8) is 0 Å². The van der Waals surface area contributed by atoms with E-state index < -0.39 is 10.0 Å². The van der Waals surface area contributed by atoms with Gasteiger partial charge in [0.2, 0.25) is 10.0 Å². The lowest BCUT2D eigenvalue weighted by molar-refractivity contribution is 0.467. The first-order chi connectivity index (χ1) is 9.01. The molecule has 6 heteroatoms. The molecule has 19 heavy (non-hydrogen) atoms. The Kier molecular flexibility index (Phi) is 4.63. The summed E-state index contributed by atoms with van der Waals surface area (Å²) in [5, 5.41) is 1.93. The Morgan fingerprint density at radius 1 is 1.53 bits per heavy atom. The van der Waals surface area contributed by atoms with Gasteiger partial charge in [-0.1, -0.05) is 11.8 Å². The number of hydrogen-bond donors (Lipinski definition) is 1. The second-order valence-corrected chi connectivity index (χ2v) is 7.90. The summed E-state index contributed by atoms with van der Waals surface area (Å²) in [6, 6.07) is 1.93. The summed E-state index contributed by atoms with van der Waals surface area (Å²) in [5.41, 5.74) is 6.22. The Morgan fingerprint density at radius 2 is 2.26 bits per heavy atom. The van der Waals surface area contributed by atoms with Gasteiger partial charge in [-0.2, -0.15) is 4.31 Å². The number of rotatable bonds is 5. The molecule has 1 saturated carbocycles. The van der Waals surface area contributed by atoms with Crippen molar-refractivity contribution in [2.45, 2.75) is 19.4 Å². The van der Waals surface area contributed by atoms with E-state index in [-0.39, 0.29) is 5.75 Å². The summed E-state index contributed by atoms with van der Waals surface area (Å²) in [7, 11) is -1.48. The van der Waals surface area contributed by atoms with Crippen molar-refractivity contribution in [2.24, 2.45) is 11.7 Å². The van der Waals surface area contributed by atoms with Gasteiger partial charge >= 0.3 is 0 Å². The maximum absolute atomic E-state index is 12.1. The summed E-state index contributed by atoms with van der Waals surface area (Å²) >= 11 is 1.53. The van der Waals surface area contributed by atoms with E-state index in [0.717, 1.165) is 23.3 Å². The summed E-state index contributed by atoms with van der Waals surface area (Å²) < 4.78 is 25.5. The summed E-state index contributed by atoms with van der Waals surface area (Å²) in [6.45, 7) is 0.755. The van der Waals surface area contributed by atoms with Crippen molar-refractivity contribution in [3.8, 4) is 11.8 Å². The van der Waals surface area contributed by atoms with Crippen LogP contribution in [0.2, 0.25) is 0 Å². The Balaban J connectivity index is 1.97. The number of hydrogen-bond acceptors (Lipinski definition) is 4. The topological polar surface area (TPSA) is 63.4 Å². The summed E-state index contributed by atoms with van der Waals surface area (Å²) in [6.07, 6.45) is 2.09. The number of nitrogens with two attached hydrogens (primary N) is 1. The van der Waals surface area contributed by atoms with Gasteiger partial charge in [-0.15, -0.1) is 11.3 Å². The van der Waals surface area contributed by atoms with E-state index in [9.17, 15) is 8.42 Å². The molecule has 0 saturated heterocycles. The fourth-order valence-electron chi connectivity index (χ4n) is 1.71. The summed E-state index contributed by atoms with van der Waals surface area (Å²) in [5.74, 6) is 6.40. The van der Waals surface area contributed by atoms with Gasteiger partial charge in [-0.25, -0.2) is 8.42 Å². The van der Waals surface area contributed by atoms with Crippen molar-refractivity contribution in [1.82, 2.24) is 4.31 Å². The second-order valence-electron chi connectivity index (χ2n) is 4.79. The van der Waals surface area contributed by atoms with Crippen LogP contribution < -0.4 is 5.73 Å². The molecule has 1 aliphatic carbocycles. The van der Waals surface area contributed by atoms with Crippen molar-refractivity contribution in [1.29, 1.82) is 0 Å². The monoisotopic (exact) mass is 298 g/mol. The Bertz CT molecular complexity index is 592. The zero-order chi connectivity index (χ0) is 13.9. The van der Waals surface area contributed by atoms with Crippen LogP contribution in [0, 0.1) is 17.8 Å². The highest BCUT2D eigenvalue weighted by molar-refractivity contribution is 7.89. The SMILES string of the molecule is CN(Cc1cc(C#CCN)cs1)S(=O)(=O)CC1CC1. The van der Waals surface area contributed by atoms with E-state index in [0.29, 0.717) is 19.0 Å². The van der Waals surface area contributed by atoms with Crippen molar-refractivity contribution in [3.05, 3.63) is 21.9 Å². The van der Waals surface area contributed by atoms with Crippen LogP contribution in [0.25, 0.3) is 0 Å². The van der Waals surface area contributed by atoms with E-state index in [4.69, 9.17) is 5.73 Å². The molecule has 0 amide bonds. The zero-order valence-electron chi connectivity index (χ0n) is 10.9. The molecule has 4 nitrogen and oxygen atoms in total. The fourth-order valence-corrected chi connectivity index (χ4v) is 4.18. The third-order valence-electron chi connectivity index (χ3n) is 2.99. The van der Waals surface area contributed by atoms with E-state index in [1.807, 2.05) is 11.4 Å². The highest BCUT2D eigenvalue weighted by atomic mass is 32.2. The smallest absolute Gasteiger partial charge is 0.214 e. The molecule has 0 unspecified atom stereocenters. The third kappa shape index (κ3) is 4.32. The molecular weight excluding hydrogens is 280 g/mol. The largest absolute Gasteiger partial charge is 0.320 e. The van der Waals surface area contributed by atoms with Gasteiger partial charge in [-0.3, -0.25) is 0 Å². The van der Waals surface area contributed by atoms with Crippen LogP contribution >= 0.6 is 11.3 Å². The molecule has 104 valence electrons. The van der Waals surface area contributed by atoms with Crippen LogP contribution in [0.4, 0.5) is 0 Å². The van der Waals surface area contributed by atoms with Crippen molar-refractivity contribution >= 4 is 21.4 Å². The number of nitrogens with zero attached hydrogens (tertiary/aromatic N) is 1. The zero-order valence-corrected chi connectivity index (χ0v) is 12.6. The van der Waals surface area contributed by atoms with E-state index >= 15 is 0 Å². The average molecular weight is 298 g/mol. The highest BCUT2D eigenvalue weighted by Crippen LogP contribution is 2.31. The highest BCUT2D eigenvalue weighted by Gasteiger charge is 2.30. The van der Waals surface area contributed by atoms with E-state index in [2.05, 4.69) is 11.8 Å². The first-order valence-corrected chi connectivity index (χ1v) is 8.70. The third-order valence-corrected chi connectivity index (χ3v) is 5.88. The van der Waals surface area contributed by atoms with Crippen LogP contribution in [-0.4, -0.2) is 32.1 Å². The first kappa shape index (κ1) is 14.5. The average Bonchev–Trinajstić information content (AvgIpc) is 3.04. The lowest BCUT2D eigenvalue weighted by atomic mass is 10.3. The van der Waals surface area contributed by atoms with Crippen LogP contribution in [0.3, 0.4) is 0 Å². The molecule has 1 aromatic heterocycles. The van der Waals surface area contributed by atoms with Crippen molar-refractivity contribution in [2.75, 3.05) is 19.3 Å². The minimum atomic E-state index is -3.12. The molecule has 0 radical (unpaired) electrons. The predicted octanol–water partition coefficient (Wildman–Crippen LogP) is 1.23. The van der Waals surface area contributed by atoms with Gasteiger partial charge in [0.1, 0.15) is 0 Å². The number of sulfonamides is 1. The van der Waals surface area contributed by atoms with Gasteiger partial charge in [0, 0.05) is 29.4 Å². The molecule has 0 aliphatic heterocycles. The molecule has 1 fully saturated rings. The lowest BCUT2D eigenvalue weighted by Gasteiger charge is -2.15. The minimum Gasteiger partial charge on any atom is -0.320 e. The van der Waals surface area contributed by atoms with Gasteiger partial charge < -0.3 is 5.73 Å². The molecule has 2 rings (SSSR count). The molecule has 1 heterocycles. The van der Waals surface area contributed by atoms with Crippen LogP contribution in [0.15, 0.2) is 11.4 Å². The molecular formula is C13H18N2O2S2. The van der Waals surface area contributed by atoms with Crippen LogP contribution in [0.1, 0.15) is 23.3 Å². The molecule has 0 atom stereocenters. The molecule has 1 aliphatic rings. The quantitative estimate of drug-likeness (QED) is 0.832. The fraction of sp³-hybridized carbons (Fsp3) is 0.538. The normalized spacial score (nSPS) is 15.3. The van der Waals surface area contributed by atoms with Gasteiger partial charge in [0.15, 0.2) is 0 Å². The Morgan fingerprint density at radius 3 is 2.89 bits per heavy atom. The second kappa shape index (κ2) is 6.06. The Labute approximate surface area is 118 Å². The van der Waals surface area contributed by atoms with Gasteiger partial charge in [0.25, 0.3) is 0 Å². The molecule has 0 spiro atoms. The summed E-state index contributed by atoms with van der Waals surface area (Å²) in [4.78, 5) is 1.00. The Hall–Kier alpha value is -0.870. The van der Waals surface area contributed by atoms with Crippen LogP contribution in [-0.2, 0) is 16.6 Å². The minimum absolute atomic E-state index is 0.286. The molecule has 0 aromatic carbocycles. The first-order valence-electron chi connectivity index (χ1n) is 6.21. The van der Waals surface area contributed by atoms with Crippen molar-refractivity contribution < 1.29 is 8.42 Å². The molecule has 0 bridgehead atoms. The molecule has 1 aromatic rings. The van der Waals surface area contributed by atoms with E-state index in [1.54, 1.807) is 7.05 Å². The van der Waals surface area contributed by atoms with Crippen LogP contribution in [0.5, 0.6) is 0 Å². The standard InChI is InChI=1S/C13H18N2O2S2/c1-15(19(16,17)10-11-4-5-11)8-13-7-12(9-18-13)3-2-6-14/h7,9,11H,4-6,8,10,14H2,1H3. The van der Waals surface area contributed by atoms with E-state index in [1.165, 1.54) is 15.6 Å².